The van der Waals surface area contributed by atoms with Crippen molar-refractivity contribution in [2.45, 2.75) is 19.8 Å². The molecule has 0 saturated carbocycles. The number of nitro benzene ring substituents is 1. The Morgan fingerprint density at radius 2 is 2.15 bits per heavy atom. The van der Waals surface area contributed by atoms with E-state index in [0.717, 1.165) is 18.7 Å². The third-order valence-corrected chi connectivity index (χ3v) is 3.02. The molecule has 2 aromatic heterocycles. The first kappa shape index (κ1) is 12.3. The molecule has 2 heterocycles. The summed E-state index contributed by atoms with van der Waals surface area (Å²) in [6.07, 6.45) is 5.23. The molecule has 0 aliphatic rings. The van der Waals surface area contributed by atoms with Gasteiger partial charge in [-0.25, -0.2) is 9.61 Å². The molecule has 0 bridgehead atoms. The lowest BCUT2D eigenvalue weighted by molar-refractivity contribution is -0.383. The van der Waals surface area contributed by atoms with Gasteiger partial charge in [-0.3, -0.25) is 10.1 Å². The fraction of sp³-hybridized carbons (Fsp3) is 0.250. The Morgan fingerprint density at radius 1 is 1.35 bits per heavy atom. The minimum atomic E-state index is -0.503. The first-order valence-corrected chi connectivity index (χ1v) is 6.14. The number of hydrogen-bond acceptors (Lipinski definition) is 6. The molecular weight excluding hydrogens is 262 g/mol. The lowest BCUT2D eigenvalue weighted by Crippen LogP contribution is -2.02. The van der Waals surface area contributed by atoms with E-state index in [1.165, 1.54) is 6.07 Å². The number of hydrogen-bond donors (Lipinski definition) is 0. The van der Waals surface area contributed by atoms with Gasteiger partial charge in [0, 0.05) is 24.9 Å². The summed E-state index contributed by atoms with van der Waals surface area (Å²) in [5.41, 5.74) is 1.05. The number of benzene rings is 1. The van der Waals surface area contributed by atoms with Crippen molar-refractivity contribution in [3.63, 3.8) is 0 Å². The molecule has 0 radical (unpaired) electrons. The highest BCUT2D eigenvalue weighted by atomic mass is 16.6. The molecule has 0 unspecified atom stereocenters. The maximum Gasteiger partial charge on any atom is 0.300 e. The number of fused-ring (bicyclic) bond motifs is 1. The van der Waals surface area contributed by atoms with Gasteiger partial charge in [-0.1, -0.05) is 6.92 Å². The molecule has 0 fully saturated rings. The molecule has 20 heavy (non-hydrogen) atoms. The highest BCUT2D eigenvalue weighted by molar-refractivity contribution is 5.90. The Hall–Kier alpha value is -2.77. The van der Waals surface area contributed by atoms with E-state index >= 15 is 0 Å². The minimum Gasteiger partial charge on any atom is -0.301 e. The quantitative estimate of drug-likeness (QED) is 0.534. The van der Waals surface area contributed by atoms with E-state index in [1.807, 2.05) is 4.57 Å². The zero-order chi connectivity index (χ0) is 14.1. The van der Waals surface area contributed by atoms with E-state index in [2.05, 4.69) is 26.9 Å². The lowest BCUT2D eigenvalue weighted by atomic mass is 10.2. The van der Waals surface area contributed by atoms with Crippen LogP contribution in [-0.4, -0.2) is 24.8 Å². The van der Waals surface area contributed by atoms with E-state index < -0.39 is 4.92 Å². The summed E-state index contributed by atoms with van der Waals surface area (Å²) in [7, 11) is 0. The molecule has 8 nitrogen and oxygen atoms in total. The van der Waals surface area contributed by atoms with Gasteiger partial charge in [0.1, 0.15) is 5.82 Å². The van der Waals surface area contributed by atoms with Gasteiger partial charge >= 0.3 is 5.69 Å². The number of nitro groups is 1. The van der Waals surface area contributed by atoms with Crippen molar-refractivity contribution in [1.29, 1.82) is 0 Å². The number of aryl methyl sites for hydroxylation is 1. The number of nitrogens with zero attached hydrogens (tertiary/aromatic N) is 5. The van der Waals surface area contributed by atoms with Crippen molar-refractivity contribution in [2.75, 3.05) is 0 Å². The molecule has 1 aromatic carbocycles. The van der Waals surface area contributed by atoms with E-state index in [0.29, 0.717) is 11.2 Å². The molecule has 8 heteroatoms. The van der Waals surface area contributed by atoms with Gasteiger partial charge < -0.3 is 4.57 Å². The van der Waals surface area contributed by atoms with Crippen molar-refractivity contribution in [3.8, 4) is 5.69 Å². The average Bonchev–Trinajstić information content (AvgIpc) is 3.06. The summed E-state index contributed by atoms with van der Waals surface area (Å²) in [6, 6.07) is 3.03. The number of imidazole rings is 1. The van der Waals surface area contributed by atoms with Crippen LogP contribution >= 0.6 is 0 Å². The zero-order valence-electron chi connectivity index (χ0n) is 10.7. The van der Waals surface area contributed by atoms with Gasteiger partial charge in [0.05, 0.1) is 10.6 Å². The Morgan fingerprint density at radius 3 is 2.90 bits per heavy atom. The van der Waals surface area contributed by atoms with Crippen molar-refractivity contribution < 1.29 is 9.55 Å². The standard InChI is InChI=1S/C12H11N5O3/c1-2-3-10-13-6-7-16(10)8-4-5-9(17(18)19)12-11(8)14-20-15-12/h4-7H,2-3H2,1H3. The van der Waals surface area contributed by atoms with Gasteiger partial charge in [-0.2, -0.15) is 0 Å². The summed E-state index contributed by atoms with van der Waals surface area (Å²) in [5.74, 6) is 0.866. The van der Waals surface area contributed by atoms with Crippen LogP contribution in [0.4, 0.5) is 5.69 Å². The predicted molar refractivity (Wildman–Crippen MR) is 69.6 cm³/mol. The summed E-state index contributed by atoms with van der Waals surface area (Å²) in [6.45, 7) is 2.06. The highest BCUT2D eigenvalue weighted by Gasteiger charge is 2.21. The SMILES string of the molecule is CCCc1nccn1-c1ccc([N+](=O)[O-])c2nonc12. The monoisotopic (exact) mass is 273 g/mol. The summed E-state index contributed by atoms with van der Waals surface area (Å²) >= 11 is 0. The van der Waals surface area contributed by atoms with Crippen LogP contribution in [0.5, 0.6) is 0 Å². The molecule has 102 valence electrons. The fourth-order valence-electron chi connectivity index (χ4n) is 2.14. The van der Waals surface area contributed by atoms with Crippen molar-refractivity contribution in [2.24, 2.45) is 0 Å². The Labute approximate surface area is 113 Å². The Balaban J connectivity index is 2.22. The maximum absolute atomic E-state index is 11.0. The predicted octanol–water partition coefficient (Wildman–Crippen LogP) is 2.27. The van der Waals surface area contributed by atoms with Crippen LogP contribution < -0.4 is 0 Å². The molecular formula is C12H11N5O3. The largest absolute Gasteiger partial charge is 0.301 e. The second-order valence-corrected chi connectivity index (χ2v) is 4.29. The zero-order valence-corrected chi connectivity index (χ0v) is 10.7. The number of rotatable bonds is 4. The van der Waals surface area contributed by atoms with Crippen molar-refractivity contribution in [3.05, 3.63) is 40.5 Å². The van der Waals surface area contributed by atoms with Crippen LogP contribution in [-0.2, 0) is 6.42 Å². The molecule has 0 spiro atoms. The summed E-state index contributed by atoms with van der Waals surface area (Å²) in [4.78, 5) is 14.7. The fourth-order valence-corrected chi connectivity index (χ4v) is 2.14. The molecule has 0 amide bonds. The second-order valence-electron chi connectivity index (χ2n) is 4.29. The molecule has 0 N–H and O–H groups in total. The van der Waals surface area contributed by atoms with Gasteiger partial charge in [0.25, 0.3) is 0 Å². The average molecular weight is 273 g/mol. The number of aromatic nitrogens is 4. The molecule has 3 aromatic rings. The van der Waals surface area contributed by atoms with E-state index in [9.17, 15) is 10.1 Å². The van der Waals surface area contributed by atoms with E-state index in [1.54, 1.807) is 18.5 Å². The molecule has 0 saturated heterocycles. The van der Waals surface area contributed by atoms with Crippen LogP contribution in [0.2, 0.25) is 0 Å². The highest BCUT2D eigenvalue weighted by Crippen LogP contribution is 2.28. The van der Waals surface area contributed by atoms with Gasteiger partial charge in [-0.05, 0) is 22.8 Å². The third-order valence-electron chi connectivity index (χ3n) is 3.02. The lowest BCUT2D eigenvalue weighted by Gasteiger charge is -2.06. The van der Waals surface area contributed by atoms with Crippen LogP contribution in [0.25, 0.3) is 16.7 Å². The van der Waals surface area contributed by atoms with Crippen LogP contribution in [0.15, 0.2) is 29.2 Å². The van der Waals surface area contributed by atoms with Crippen molar-refractivity contribution >= 4 is 16.7 Å². The van der Waals surface area contributed by atoms with Gasteiger partial charge in [0.15, 0.2) is 5.52 Å². The normalized spacial score (nSPS) is 11.1. The summed E-state index contributed by atoms with van der Waals surface area (Å²) < 4.78 is 6.50. The summed E-state index contributed by atoms with van der Waals surface area (Å²) in [5, 5.41) is 18.4. The molecule has 0 aliphatic carbocycles. The van der Waals surface area contributed by atoms with Crippen molar-refractivity contribution in [1.82, 2.24) is 19.9 Å². The first-order valence-electron chi connectivity index (χ1n) is 6.14. The van der Waals surface area contributed by atoms with Crippen LogP contribution in [0.3, 0.4) is 0 Å². The molecule has 0 aliphatic heterocycles. The smallest absolute Gasteiger partial charge is 0.300 e. The van der Waals surface area contributed by atoms with Gasteiger partial charge in [0.2, 0.25) is 5.52 Å². The van der Waals surface area contributed by atoms with E-state index in [-0.39, 0.29) is 11.2 Å². The van der Waals surface area contributed by atoms with Crippen LogP contribution in [0.1, 0.15) is 19.2 Å². The topological polar surface area (TPSA) is 99.9 Å². The van der Waals surface area contributed by atoms with E-state index in [4.69, 9.17) is 0 Å². The van der Waals surface area contributed by atoms with Gasteiger partial charge in [-0.15, -0.1) is 0 Å². The first-order chi connectivity index (χ1) is 9.72. The molecule has 0 atom stereocenters. The Kier molecular flexibility index (Phi) is 2.90. The maximum atomic E-state index is 11.0. The third kappa shape index (κ3) is 1.81. The molecule has 3 rings (SSSR count). The minimum absolute atomic E-state index is 0.123. The van der Waals surface area contributed by atoms with Crippen LogP contribution in [0, 0.1) is 10.1 Å². The Bertz CT molecular complexity index is 776. The number of non-ortho nitro benzene ring substituents is 1. The second kappa shape index (κ2) is 4.72.